The lowest BCUT2D eigenvalue weighted by atomic mass is 10.0. The van der Waals surface area contributed by atoms with E-state index in [-0.39, 0.29) is 16.7 Å². The molecule has 1 saturated heterocycles. The molecule has 0 saturated carbocycles. The first-order valence-corrected chi connectivity index (χ1v) is 15.3. The van der Waals surface area contributed by atoms with Gasteiger partial charge < -0.3 is 5.32 Å². The molecule has 0 aliphatic carbocycles. The van der Waals surface area contributed by atoms with E-state index in [1.165, 1.54) is 44.6 Å². The van der Waals surface area contributed by atoms with Gasteiger partial charge in [-0.2, -0.15) is 9.40 Å². The van der Waals surface area contributed by atoms with Crippen LogP contribution in [0.2, 0.25) is 0 Å². The fourth-order valence-corrected chi connectivity index (χ4v) is 7.98. The van der Waals surface area contributed by atoms with Crippen LogP contribution in [0.25, 0.3) is 0 Å². The number of likely N-dealkylation sites (N-methyl/N-ethyl adjacent to an activating group) is 1. The number of fused-ring (bicyclic) bond motifs is 1. The van der Waals surface area contributed by atoms with Gasteiger partial charge in [-0.15, -0.1) is 11.3 Å². The smallest absolute Gasteiger partial charge is 0.281 e. The summed E-state index contributed by atoms with van der Waals surface area (Å²) in [5, 5.41) is 7.84. The number of hydrogen-bond donors (Lipinski definition) is 1. The molecule has 2 aliphatic rings. The normalized spacial score (nSPS) is 16.8. The summed E-state index contributed by atoms with van der Waals surface area (Å²) in [4.78, 5) is 30.5. The largest absolute Gasteiger partial charge is 0.313 e. The van der Waals surface area contributed by atoms with Gasteiger partial charge in [0.05, 0.1) is 16.2 Å². The van der Waals surface area contributed by atoms with Gasteiger partial charge in [-0.1, -0.05) is 13.3 Å². The van der Waals surface area contributed by atoms with Crippen LogP contribution < -0.4 is 5.32 Å². The number of aromatic nitrogens is 2. The Labute approximate surface area is 227 Å². The second kappa shape index (κ2) is 10.7. The van der Waals surface area contributed by atoms with Crippen molar-refractivity contribution in [3.63, 3.8) is 0 Å². The van der Waals surface area contributed by atoms with Gasteiger partial charge in [-0.05, 0) is 75.5 Å². The molecule has 1 fully saturated rings. The first kappa shape index (κ1) is 26.7. The molecule has 3 aromatic rings. The summed E-state index contributed by atoms with van der Waals surface area (Å²) in [7, 11) is -3.58. The summed E-state index contributed by atoms with van der Waals surface area (Å²) in [6, 6.07) is 7.88. The average Bonchev–Trinajstić information content (AvgIpc) is 3.46. The molecule has 38 heavy (non-hydrogen) atoms. The number of carbonyl (C=O) groups excluding carboxylic acids is 2. The van der Waals surface area contributed by atoms with Gasteiger partial charge in [0.2, 0.25) is 10.0 Å². The molecule has 9 nitrogen and oxygen atoms in total. The number of piperidine rings is 1. The van der Waals surface area contributed by atoms with Crippen LogP contribution in [-0.4, -0.2) is 65.4 Å². The minimum Gasteiger partial charge on any atom is -0.313 e. The Kier molecular flexibility index (Phi) is 7.54. The monoisotopic (exact) mass is 555 g/mol. The number of aryl methyl sites for hydroxylation is 2. The summed E-state index contributed by atoms with van der Waals surface area (Å²) in [5.41, 5.74) is 3.28. The zero-order valence-electron chi connectivity index (χ0n) is 22.0. The van der Waals surface area contributed by atoms with Crippen LogP contribution in [0.15, 0.2) is 35.2 Å². The van der Waals surface area contributed by atoms with Gasteiger partial charge in [-0.3, -0.25) is 14.5 Å². The average molecular weight is 556 g/mol. The first-order chi connectivity index (χ1) is 18.2. The molecule has 2 aromatic heterocycles. The van der Waals surface area contributed by atoms with Gasteiger partial charge >= 0.3 is 0 Å². The van der Waals surface area contributed by atoms with Crippen LogP contribution in [0.1, 0.15) is 68.7 Å². The second-order valence-electron chi connectivity index (χ2n) is 9.91. The highest BCUT2D eigenvalue weighted by Gasteiger charge is 2.31. The Morgan fingerprint density at radius 3 is 2.39 bits per heavy atom. The number of amides is 1. The van der Waals surface area contributed by atoms with E-state index >= 15 is 0 Å². The molecular formula is C27H33N5O4S2. The van der Waals surface area contributed by atoms with E-state index in [4.69, 9.17) is 0 Å². The van der Waals surface area contributed by atoms with Crippen molar-refractivity contribution in [2.75, 3.05) is 31.5 Å². The lowest BCUT2D eigenvalue weighted by molar-refractivity contribution is 0.0942. The number of carbonyl (C=O) groups is 2. The first-order valence-electron chi connectivity index (χ1n) is 13.1. The second-order valence-corrected chi connectivity index (χ2v) is 13.0. The van der Waals surface area contributed by atoms with Crippen molar-refractivity contribution in [3.8, 4) is 0 Å². The Balaban J connectivity index is 1.43. The van der Waals surface area contributed by atoms with Crippen molar-refractivity contribution in [1.29, 1.82) is 0 Å². The van der Waals surface area contributed by atoms with E-state index in [9.17, 15) is 18.0 Å². The van der Waals surface area contributed by atoms with E-state index < -0.39 is 10.0 Å². The molecule has 1 amide bonds. The predicted octanol–water partition coefficient (Wildman–Crippen LogP) is 4.05. The molecule has 5 rings (SSSR count). The SMILES string of the molecule is CCN1CCc2c(sc(NC(=O)c3ccc(S(=O)(=O)N4CCCCC4)cc3)c2C(=O)n2nc(C)cc2C)C1. The zero-order chi connectivity index (χ0) is 27.0. The maximum Gasteiger partial charge on any atom is 0.281 e. The number of nitrogens with one attached hydrogen (secondary N) is 1. The van der Waals surface area contributed by atoms with E-state index in [0.29, 0.717) is 29.2 Å². The van der Waals surface area contributed by atoms with E-state index in [2.05, 4.69) is 22.2 Å². The number of thiophene rings is 1. The van der Waals surface area contributed by atoms with E-state index in [1.807, 2.05) is 19.9 Å². The highest BCUT2D eigenvalue weighted by Crippen LogP contribution is 2.38. The maximum atomic E-state index is 13.7. The van der Waals surface area contributed by atoms with Crippen LogP contribution in [0.5, 0.6) is 0 Å². The van der Waals surface area contributed by atoms with Crippen molar-refractivity contribution < 1.29 is 18.0 Å². The van der Waals surface area contributed by atoms with Crippen molar-refractivity contribution in [1.82, 2.24) is 19.0 Å². The Hall–Kier alpha value is -2.86. The molecular weight excluding hydrogens is 522 g/mol. The maximum absolute atomic E-state index is 13.7. The van der Waals surface area contributed by atoms with Crippen LogP contribution in [0, 0.1) is 13.8 Å². The summed E-state index contributed by atoms with van der Waals surface area (Å²) >= 11 is 1.43. The number of anilines is 1. The molecule has 0 spiro atoms. The van der Waals surface area contributed by atoms with Crippen LogP contribution in [-0.2, 0) is 23.0 Å². The highest BCUT2D eigenvalue weighted by molar-refractivity contribution is 7.89. The molecule has 4 heterocycles. The third kappa shape index (κ3) is 5.07. The summed E-state index contributed by atoms with van der Waals surface area (Å²) in [6.45, 7) is 9.32. The number of sulfonamides is 1. The molecule has 0 radical (unpaired) electrons. The number of hydrogen-bond acceptors (Lipinski definition) is 7. The predicted molar refractivity (Wildman–Crippen MR) is 147 cm³/mol. The molecule has 11 heteroatoms. The molecule has 0 unspecified atom stereocenters. The van der Waals surface area contributed by atoms with Gasteiger partial charge in [0.25, 0.3) is 11.8 Å². The zero-order valence-corrected chi connectivity index (χ0v) is 23.6. The van der Waals surface area contributed by atoms with Crippen LogP contribution >= 0.6 is 11.3 Å². The lowest BCUT2D eigenvalue weighted by Gasteiger charge is -2.25. The Morgan fingerprint density at radius 2 is 1.76 bits per heavy atom. The highest BCUT2D eigenvalue weighted by atomic mass is 32.2. The van der Waals surface area contributed by atoms with Crippen LogP contribution in [0.3, 0.4) is 0 Å². The summed E-state index contributed by atoms with van der Waals surface area (Å²) in [6.07, 6.45) is 3.48. The summed E-state index contributed by atoms with van der Waals surface area (Å²) < 4.78 is 28.9. The lowest BCUT2D eigenvalue weighted by Crippen LogP contribution is -2.35. The third-order valence-electron chi connectivity index (χ3n) is 7.30. The number of rotatable bonds is 6. The molecule has 202 valence electrons. The van der Waals surface area contributed by atoms with Crippen molar-refractivity contribution in [2.45, 2.75) is 57.9 Å². The van der Waals surface area contributed by atoms with Crippen molar-refractivity contribution in [3.05, 3.63) is 63.3 Å². The molecule has 0 bridgehead atoms. The van der Waals surface area contributed by atoms with Gasteiger partial charge in [0, 0.05) is 42.3 Å². The minimum absolute atomic E-state index is 0.183. The fraction of sp³-hybridized carbons (Fsp3) is 0.444. The van der Waals surface area contributed by atoms with Gasteiger partial charge in [0.15, 0.2) is 0 Å². The Morgan fingerprint density at radius 1 is 1.05 bits per heavy atom. The molecule has 2 aliphatic heterocycles. The standard InChI is InChI=1S/C27H33N5O4S2/c1-4-30-15-12-22-23(17-30)37-26(24(22)27(34)32-19(3)16-18(2)29-32)28-25(33)20-8-10-21(11-9-20)38(35,36)31-13-6-5-7-14-31/h8-11,16H,4-7,12-15,17H2,1-3H3,(H,28,33). The number of benzene rings is 1. The van der Waals surface area contributed by atoms with Crippen molar-refractivity contribution in [2.24, 2.45) is 0 Å². The minimum atomic E-state index is -3.58. The van der Waals surface area contributed by atoms with E-state index in [1.54, 1.807) is 0 Å². The summed E-state index contributed by atoms with van der Waals surface area (Å²) in [5.74, 6) is -0.642. The quantitative estimate of drug-likeness (QED) is 0.492. The Bertz CT molecular complexity index is 1470. The molecule has 1 N–H and O–H groups in total. The van der Waals surface area contributed by atoms with Gasteiger partial charge in [0.1, 0.15) is 5.00 Å². The van der Waals surface area contributed by atoms with Crippen LogP contribution in [0.4, 0.5) is 5.00 Å². The topological polar surface area (TPSA) is 105 Å². The number of nitrogens with zero attached hydrogens (tertiary/aromatic N) is 4. The van der Waals surface area contributed by atoms with Crippen molar-refractivity contribution >= 4 is 38.2 Å². The third-order valence-corrected chi connectivity index (χ3v) is 10.3. The van der Waals surface area contributed by atoms with Gasteiger partial charge in [-0.25, -0.2) is 13.1 Å². The fourth-order valence-electron chi connectivity index (χ4n) is 5.19. The molecule has 0 atom stereocenters. The van der Waals surface area contributed by atoms with E-state index in [0.717, 1.165) is 67.1 Å². The molecule has 1 aromatic carbocycles.